The third-order valence-corrected chi connectivity index (χ3v) is 3.47. The summed E-state index contributed by atoms with van der Waals surface area (Å²) in [6.45, 7) is 1.31. The lowest BCUT2D eigenvalue weighted by Gasteiger charge is -2.12. The van der Waals surface area contributed by atoms with Crippen LogP contribution < -0.4 is 5.32 Å². The summed E-state index contributed by atoms with van der Waals surface area (Å²) in [6.07, 6.45) is 0. The molecule has 0 bridgehead atoms. The first kappa shape index (κ1) is 14.1. The number of hydrogen-bond acceptors (Lipinski definition) is 3. The fraction of sp³-hybridized carbons (Fsp3) is 0.273. The first-order chi connectivity index (χ1) is 7.99. The van der Waals surface area contributed by atoms with Gasteiger partial charge in [0.05, 0.1) is 0 Å². The van der Waals surface area contributed by atoms with E-state index in [4.69, 9.17) is 5.11 Å². The molecule has 0 spiro atoms. The molecule has 6 heteroatoms. The summed E-state index contributed by atoms with van der Waals surface area (Å²) in [5, 5.41) is 11.3. The highest BCUT2D eigenvalue weighted by Crippen LogP contribution is 2.22. The fourth-order valence-electron chi connectivity index (χ4n) is 1.16. The maximum atomic E-state index is 10.9. The van der Waals surface area contributed by atoms with Crippen LogP contribution in [0.3, 0.4) is 0 Å². The van der Waals surface area contributed by atoms with Gasteiger partial charge in [-0.15, -0.1) is 11.8 Å². The van der Waals surface area contributed by atoms with Crippen LogP contribution in [-0.2, 0) is 9.59 Å². The largest absolute Gasteiger partial charge is 0.480 e. The van der Waals surface area contributed by atoms with Gasteiger partial charge in [0, 0.05) is 22.0 Å². The lowest BCUT2D eigenvalue weighted by Crippen LogP contribution is -2.41. The standard InChI is InChI=1S/C11H12BrNO3S/c1-7(14)13-10(11(15)16)6-17-9-4-2-3-8(12)5-9/h2-5,10H,6H2,1H3,(H,13,14)(H,15,16). The van der Waals surface area contributed by atoms with Crippen molar-refractivity contribution < 1.29 is 14.7 Å². The van der Waals surface area contributed by atoms with Crippen LogP contribution in [0.2, 0.25) is 0 Å². The van der Waals surface area contributed by atoms with Gasteiger partial charge in [0.15, 0.2) is 0 Å². The molecule has 0 aromatic heterocycles. The second-order valence-electron chi connectivity index (χ2n) is 3.36. The van der Waals surface area contributed by atoms with Crippen molar-refractivity contribution in [3.63, 3.8) is 0 Å². The zero-order chi connectivity index (χ0) is 12.8. The number of carbonyl (C=O) groups excluding carboxylic acids is 1. The number of hydrogen-bond donors (Lipinski definition) is 2. The van der Waals surface area contributed by atoms with Gasteiger partial charge in [-0.3, -0.25) is 4.79 Å². The molecule has 17 heavy (non-hydrogen) atoms. The van der Waals surface area contributed by atoms with Crippen LogP contribution in [0.4, 0.5) is 0 Å². The van der Waals surface area contributed by atoms with Crippen molar-refractivity contribution in [2.24, 2.45) is 0 Å². The molecule has 1 aromatic carbocycles. The topological polar surface area (TPSA) is 66.4 Å². The summed E-state index contributed by atoms with van der Waals surface area (Å²) in [7, 11) is 0. The average molecular weight is 318 g/mol. The highest BCUT2D eigenvalue weighted by molar-refractivity contribution is 9.10. The van der Waals surface area contributed by atoms with E-state index in [0.29, 0.717) is 5.75 Å². The molecule has 0 radical (unpaired) electrons. The number of carboxylic acids is 1. The Bertz CT molecular complexity index is 425. The molecule has 1 unspecified atom stereocenters. The quantitative estimate of drug-likeness (QED) is 0.816. The summed E-state index contributed by atoms with van der Waals surface area (Å²) in [5.74, 6) is -1.07. The normalized spacial score (nSPS) is 11.9. The molecule has 0 heterocycles. The number of carboxylic acid groups (broad SMARTS) is 1. The maximum Gasteiger partial charge on any atom is 0.327 e. The van der Waals surface area contributed by atoms with Crippen LogP contribution >= 0.6 is 27.7 Å². The van der Waals surface area contributed by atoms with E-state index in [0.717, 1.165) is 9.37 Å². The molecule has 1 rings (SSSR count). The molecular formula is C11H12BrNO3S. The van der Waals surface area contributed by atoms with Crippen LogP contribution in [0.25, 0.3) is 0 Å². The van der Waals surface area contributed by atoms with Crippen LogP contribution in [-0.4, -0.2) is 28.8 Å². The minimum Gasteiger partial charge on any atom is -0.480 e. The minimum atomic E-state index is -1.03. The predicted octanol–water partition coefficient (Wildman–Crippen LogP) is 2.13. The second kappa shape index (κ2) is 6.66. The van der Waals surface area contributed by atoms with Crippen molar-refractivity contribution in [1.82, 2.24) is 5.32 Å². The molecule has 0 aliphatic rings. The monoisotopic (exact) mass is 317 g/mol. The molecule has 0 saturated heterocycles. The van der Waals surface area contributed by atoms with Gasteiger partial charge in [-0.2, -0.15) is 0 Å². The van der Waals surface area contributed by atoms with E-state index in [1.165, 1.54) is 18.7 Å². The van der Waals surface area contributed by atoms with Gasteiger partial charge >= 0.3 is 5.97 Å². The molecule has 2 N–H and O–H groups in total. The number of aliphatic carboxylic acids is 1. The van der Waals surface area contributed by atoms with E-state index in [-0.39, 0.29) is 5.91 Å². The summed E-state index contributed by atoms with van der Waals surface area (Å²) < 4.78 is 0.939. The van der Waals surface area contributed by atoms with Crippen molar-refractivity contribution in [3.8, 4) is 0 Å². The molecule has 1 aromatic rings. The number of carbonyl (C=O) groups is 2. The van der Waals surface area contributed by atoms with Crippen molar-refractivity contribution >= 4 is 39.6 Å². The van der Waals surface area contributed by atoms with Gasteiger partial charge in [0.25, 0.3) is 0 Å². The Balaban J connectivity index is 2.57. The van der Waals surface area contributed by atoms with Crippen molar-refractivity contribution in [1.29, 1.82) is 0 Å². The van der Waals surface area contributed by atoms with E-state index in [1.54, 1.807) is 0 Å². The van der Waals surface area contributed by atoms with Crippen LogP contribution in [0.1, 0.15) is 6.92 Å². The Labute approximate surface area is 112 Å². The third-order valence-electron chi connectivity index (χ3n) is 1.89. The zero-order valence-corrected chi connectivity index (χ0v) is 11.5. The lowest BCUT2D eigenvalue weighted by atomic mass is 10.3. The molecule has 0 fully saturated rings. The van der Waals surface area contributed by atoms with Gasteiger partial charge in [0.1, 0.15) is 6.04 Å². The Hall–Kier alpha value is -1.01. The minimum absolute atomic E-state index is 0.297. The number of rotatable bonds is 5. The van der Waals surface area contributed by atoms with Crippen molar-refractivity contribution in [2.75, 3.05) is 5.75 Å². The van der Waals surface area contributed by atoms with E-state index < -0.39 is 12.0 Å². The molecular weight excluding hydrogens is 306 g/mol. The number of nitrogens with one attached hydrogen (secondary N) is 1. The summed E-state index contributed by atoms with van der Waals surface area (Å²) in [4.78, 5) is 22.7. The SMILES string of the molecule is CC(=O)NC(CSc1cccc(Br)c1)C(=O)O. The molecule has 0 aliphatic carbocycles. The van der Waals surface area contributed by atoms with E-state index >= 15 is 0 Å². The lowest BCUT2D eigenvalue weighted by molar-refractivity contribution is -0.140. The summed E-state index contributed by atoms with van der Waals surface area (Å²) in [5.41, 5.74) is 0. The Morgan fingerprint density at radius 3 is 2.76 bits per heavy atom. The van der Waals surface area contributed by atoms with E-state index in [1.807, 2.05) is 24.3 Å². The van der Waals surface area contributed by atoms with Gasteiger partial charge < -0.3 is 10.4 Å². The second-order valence-corrected chi connectivity index (χ2v) is 5.37. The van der Waals surface area contributed by atoms with Crippen molar-refractivity contribution in [3.05, 3.63) is 28.7 Å². The smallest absolute Gasteiger partial charge is 0.327 e. The van der Waals surface area contributed by atoms with Gasteiger partial charge in [-0.05, 0) is 18.2 Å². The number of thioether (sulfide) groups is 1. The van der Waals surface area contributed by atoms with E-state index in [9.17, 15) is 9.59 Å². The van der Waals surface area contributed by atoms with Crippen LogP contribution in [0, 0.1) is 0 Å². The number of benzene rings is 1. The van der Waals surface area contributed by atoms with Gasteiger partial charge in [-0.1, -0.05) is 22.0 Å². The maximum absolute atomic E-state index is 10.9. The molecule has 1 atom stereocenters. The first-order valence-corrected chi connectivity index (χ1v) is 6.65. The fourth-order valence-corrected chi connectivity index (χ4v) is 2.68. The summed E-state index contributed by atoms with van der Waals surface area (Å²) >= 11 is 4.73. The predicted molar refractivity (Wildman–Crippen MR) is 70.1 cm³/mol. The van der Waals surface area contributed by atoms with Crippen LogP contribution in [0.5, 0.6) is 0 Å². The summed E-state index contributed by atoms with van der Waals surface area (Å²) in [6, 6.07) is 6.70. The Morgan fingerprint density at radius 2 is 2.24 bits per heavy atom. The third kappa shape index (κ3) is 5.23. The zero-order valence-electron chi connectivity index (χ0n) is 9.14. The molecule has 1 amide bonds. The molecule has 0 saturated carbocycles. The molecule has 4 nitrogen and oxygen atoms in total. The Kier molecular flexibility index (Phi) is 5.50. The Morgan fingerprint density at radius 1 is 1.53 bits per heavy atom. The highest BCUT2D eigenvalue weighted by atomic mass is 79.9. The van der Waals surface area contributed by atoms with Crippen LogP contribution in [0.15, 0.2) is 33.6 Å². The van der Waals surface area contributed by atoms with E-state index in [2.05, 4.69) is 21.2 Å². The molecule has 0 aliphatic heterocycles. The van der Waals surface area contributed by atoms with Crippen molar-refractivity contribution in [2.45, 2.75) is 17.9 Å². The highest BCUT2D eigenvalue weighted by Gasteiger charge is 2.18. The number of halogens is 1. The van der Waals surface area contributed by atoms with Gasteiger partial charge in [0.2, 0.25) is 5.91 Å². The first-order valence-electron chi connectivity index (χ1n) is 4.87. The average Bonchev–Trinajstić information content (AvgIpc) is 2.23. The molecule has 92 valence electrons. The van der Waals surface area contributed by atoms with Gasteiger partial charge in [-0.25, -0.2) is 4.79 Å². The number of amides is 1.